The molecule has 4 nitrogen and oxygen atoms in total. The van der Waals surface area contributed by atoms with E-state index in [2.05, 4.69) is 17.0 Å². The molecule has 2 N–H and O–H groups in total. The van der Waals surface area contributed by atoms with Crippen LogP contribution < -0.4 is 5.73 Å². The van der Waals surface area contributed by atoms with E-state index in [1.807, 2.05) is 10.9 Å². The van der Waals surface area contributed by atoms with Gasteiger partial charge in [0.25, 0.3) is 0 Å². The summed E-state index contributed by atoms with van der Waals surface area (Å²) in [4.78, 5) is 3.72. The van der Waals surface area contributed by atoms with Crippen LogP contribution in [0.5, 0.6) is 0 Å². The molecule has 0 radical (unpaired) electrons. The Labute approximate surface area is 105 Å². The summed E-state index contributed by atoms with van der Waals surface area (Å²) in [5.74, 6) is -0.0588. The lowest BCUT2D eigenvalue weighted by atomic mass is 9.79. The van der Waals surface area contributed by atoms with Gasteiger partial charge in [0.1, 0.15) is 11.6 Å². The molecule has 18 heavy (non-hydrogen) atoms. The molecule has 2 aromatic rings. The third-order valence-corrected chi connectivity index (χ3v) is 3.75. The largest absolute Gasteiger partial charge is 0.384 e. The molecular weight excluding hydrogens is 231 g/mol. The van der Waals surface area contributed by atoms with Crippen molar-refractivity contribution in [3.8, 4) is 11.1 Å². The van der Waals surface area contributed by atoms with Crippen molar-refractivity contribution < 1.29 is 4.39 Å². The maximum absolute atomic E-state index is 13.7. The second-order valence-corrected chi connectivity index (χ2v) is 5.11. The first-order valence-corrected chi connectivity index (χ1v) is 6.05. The summed E-state index contributed by atoms with van der Waals surface area (Å²) in [6.45, 7) is 2.17. The van der Waals surface area contributed by atoms with E-state index >= 15 is 0 Å². The maximum atomic E-state index is 13.7. The van der Waals surface area contributed by atoms with Crippen molar-refractivity contribution in [2.45, 2.75) is 31.7 Å². The highest BCUT2D eigenvalue weighted by Gasteiger charge is 2.34. The van der Waals surface area contributed by atoms with Gasteiger partial charge < -0.3 is 5.73 Å². The molecule has 3 rings (SSSR count). The van der Waals surface area contributed by atoms with Crippen LogP contribution in [0.3, 0.4) is 0 Å². The van der Waals surface area contributed by atoms with E-state index in [1.54, 1.807) is 12.3 Å². The number of nitrogen functional groups attached to an aromatic ring is 1. The van der Waals surface area contributed by atoms with Gasteiger partial charge >= 0.3 is 0 Å². The Morgan fingerprint density at radius 1 is 1.39 bits per heavy atom. The highest BCUT2D eigenvalue weighted by Crippen LogP contribution is 2.38. The Hall–Kier alpha value is -1.91. The Morgan fingerprint density at radius 3 is 2.83 bits per heavy atom. The smallest absolute Gasteiger partial charge is 0.149 e. The standard InChI is InChI=1S/C13H15FN4/c1-13(3-2-4-13)18-8-9(6-17-18)10-5-12(15)16-7-11(10)14/h5-8H,2-4H2,1H3,(H2,15,16). The second kappa shape index (κ2) is 3.80. The summed E-state index contributed by atoms with van der Waals surface area (Å²) >= 11 is 0. The SMILES string of the molecule is CC1(n2cc(-c3cc(N)ncc3F)cn2)CCC1. The molecule has 1 fully saturated rings. The summed E-state index contributed by atoms with van der Waals surface area (Å²) in [6.07, 6.45) is 8.18. The van der Waals surface area contributed by atoms with Crippen LogP contribution in [0.15, 0.2) is 24.7 Å². The number of nitrogens with two attached hydrogens (primary N) is 1. The number of halogens is 1. The quantitative estimate of drug-likeness (QED) is 0.886. The summed E-state index contributed by atoms with van der Waals surface area (Å²) in [6, 6.07) is 1.54. The number of nitrogens with zero attached hydrogens (tertiary/aromatic N) is 3. The van der Waals surface area contributed by atoms with Crippen molar-refractivity contribution in [1.82, 2.24) is 14.8 Å². The van der Waals surface area contributed by atoms with Crippen molar-refractivity contribution in [3.63, 3.8) is 0 Å². The van der Waals surface area contributed by atoms with Gasteiger partial charge in [-0.2, -0.15) is 5.10 Å². The molecule has 0 unspecified atom stereocenters. The van der Waals surface area contributed by atoms with Crippen molar-refractivity contribution >= 4 is 5.82 Å². The number of rotatable bonds is 2. The second-order valence-electron chi connectivity index (χ2n) is 5.11. The van der Waals surface area contributed by atoms with Gasteiger partial charge in [0, 0.05) is 17.3 Å². The molecule has 1 aliphatic carbocycles. The lowest BCUT2D eigenvalue weighted by Crippen LogP contribution is -2.37. The first-order chi connectivity index (χ1) is 8.58. The monoisotopic (exact) mass is 246 g/mol. The van der Waals surface area contributed by atoms with E-state index in [1.165, 1.54) is 6.42 Å². The summed E-state index contributed by atoms with van der Waals surface area (Å²) in [5.41, 5.74) is 6.88. The zero-order valence-electron chi connectivity index (χ0n) is 10.2. The van der Waals surface area contributed by atoms with Gasteiger partial charge in [0.2, 0.25) is 0 Å². The van der Waals surface area contributed by atoms with Crippen molar-refractivity contribution in [2.24, 2.45) is 0 Å². The molecule has 2 heterocycles. The van der Waals surface area contributed by atoms with E-state index in [4.69, 9.17) is 5.73 Å². The first kappa shape index (κ1) is 11.2. The normalized spacial score (nSPS) is 17.4. The summed E-state index contributed by atoms with van der Waals surface area (Å²) in [5, 5.41) is 4.35. The third-order valence-electron chi connectivity index (χ3n) is 3.75. The van der Waals surface area contributed by atoms with E-state index in [0.29, 0.717) is 11.4 Å². The molecule has 0 aliphatic heterocycles. The minimum absolute atomic E-state index is 0.0906. The minimum Gasteiger partial charge on any atom is -0.384 e. The van der Waals surface area contributed by atoms with Crippen LogP contribution in [0.2, 0.25) is 0 Å². The molecular formula is C13H15FN4. The van der Waals surface area contributed by atoms with Gasteiger partial charge in [-0.15, -0.1) is 0 Å². The summed E-state index contributed by atoms with van der Waals surface area (Å²) < 4.78 is 15.6. The van der Waals surface area contributed by atoms with Crippen LogP contribution in [0.4, 0.5) is 10.2 Å². The highest BCUT2D eigenvalue weighted by molar-refractivity contribution is 5.65. The van der Waals surface area contributed by atoms with Crippen LogP contribution in [0, 0.1) is 5.82 Å². The Kier molecular flexibility index (Phi) is 2.36. The predicted octanol–water partition coefficient (Wildman–Crippen LogP) is 2.57. The Bertz CT molecular complexity index is 586. The molecule has 0 amide bonds. The van der Waals surface area contributed by atoms with Gasteiger partial charge in [-0.3, -0.25) is 4.68 Å². The predicted molar refractivity (Wildman–Crippen MR) is 67.3 cm³/mol. The highest BCUT2D eigenvalue weighted by atomic mass is 19.1. The molecule has 2 aromatic heterocycles. The van der Waals surface area contributed by atoms with Crippen molar-refractivity contribution in [1.29, 1.82) is 0 Å². The number of hydrogen-bond acceptors (Lipinski definition) is 3. The Morgan fingerprint density at radius 2 is 2.17 bits per heavy atom. The van der Waals surface area contributed by atoms with Crippen LogP contribution in [0.25, 0.3) is 11.1 Å². The number of pyridine rings is 1. The van der Waals surface area contributed by atoms with Crippen LogP contribution in [-0.2, 0) is 5.54 Å². The topological polar surface area (TPSA) is 56.7 Å². The zero-order chi connectivity index (χ0) is 12.8. The molecule has 1 saturated carbocycles. The molecule has 0 atom stereocenters. The van der Waals surface area contributed by atoms with Crippen LogP contribution in [0.1, 0.15) is 26.2 Å². The Balaban J connectivity index is 2.00. The van der Waals surface area contributed by atoms with Gasteiger partial charge in [0.05, 0.1) is 17.9 Å². The van der Waals surface area contributed by atoms with Crippen LogP contribution >= 0.6 is 0 Å². The van der Waals surface area contributed by atoms with E-state index in [-0.39, 0.29) is 11.4 Å². The number of aromatic nitrogens is 3. The van der Waals surface area contributed by atoms with Gasteiger partial charge in [0.15, 0.2) is 0 Å². The lowest BCUT2D eigenvalue weighted by Gasteiger charge is -2.38. The van der Waals surface area contributed by atoms with E-state index < -0.39 is 0 Å². The number of hydrogen-bond donors (Lipinski definition) is 1. The van der Waals surface area contributed by atoms with Gasteiger partial charge in [-0.1, -0.05) is 0 Å². The average Bonchev–Trinajstić information content (AvgIpc) is 2.79. The van der Waals surface area contributed by atoms with E-state index in [9.17, 15) is 4.39 Å². The molecule has 0 spiro atoms. The molecule has 1 aliphatic rings. The lowest BCUT2D eigenvalue weighted by molar-refractivity contribution is 0.149. The molecule has 0 bridgehead atoms. The fourth-order valence-electron chi connectivity index (χ4n) is 2.35. The zero-order valence-corrected chi connectivity index (χ0v) is 10.2. The maximum Gasteiger partial charge on any atom is 0.149 e. The van der Waals surface area contributed by atoms with Gasteiger partial charge in [-0.25, -0.2) is 9.37 Å². The number of anilines is 1. The van der Waals surface area contributed by atoms with E-state index in [0.717, 1.165) is 24.6 Å². The van der Waals surface area contributed by atoms with Crippen molar-refractivity contribution in [2.75, 3.05) is 5.73 Å². The molecule has 0 saturated heterocycles. The molecule has 5 heteroatoms. The minimum atomic E-state index is -0.373. The molecule has 0 aromatic carbocycles. The summed E-state index contributed by atoms with van der Waals surface area (Å²) in [7, 11) is 0. The third kappa shape index (κ3) is 1.66. The molecule has 94 valence electrons. The van der Waals surface area contributed by atoms with Gasteiger partial charge in [-0.05, 0) is 32.3 Å². The first-order valence-electron chi connectivity index (χ1n) is 6.05. The fourth-order valence-corrected chi connectivity index (χ4v) is 2.35. The fraction of sp³-hybridized carbons (Fsp3) is 0.385. The average molecular weight is 246 g/mol. The van der Waals surface area contributed by atoms with Crippen LogP contribution in [-0.4, -0.2) is 14.8 Å². The van der Waals surface area contributed by atoms with Crippen molar-refractivity contribution in [3.05, 3.63) is 30.5 Å².